The highest BCUT2D eigenvalue weighted by molar-refractivity contribution is 5.84. The molecule has 3 rings (SSSR count). The lowest BCUT2D eigenvalue weighted by Crippen LogP contribution is -2.28. The van der Waals surface area contributed by atoms with Gasteiger partial charge < -0.3 is 10.4 Å². The zero-order valence-electron chi connectivity index (χ0n) is 10.5. The van der Waals surface area contributed by atoms with Gasteiger partial charge in [0, 0.05) is 13.5 Å². The zero-order valence-corrected chi connectivity index (χ0v) is 10.5. The molecule has 1 aliphatic heterocycles. The molecule has 0 radical (unpaired) electrons. The van der Waals surface area contributed by atoms with Crippen LogP contribution in [0, 0.1) is 0 Å². The van der Waals surface area contributed by atoms with Gasteiger partial charge in [-0.3, -0.25) is 4.99 Å². The SMILES string of the molecule is CN=C1CC(c2nc3ccc(C(F)(F)F)cc3[nH]2)NN1. The molecule has 8 heteroatoms. The molecule has 106 valence electrons. The van der Waals surface area contributed by atoms with Crippen LogP contribution in [-0.2, 0) is 6.18 Å². The topological polar surface area (TPSA) is 65.1 Å². The number of nitrogens with one attached hydrogen (secondary N) is 3. The van der Waals surface area contributed by atoms with E-state index >= 15 is 0 Å². The number of imidazole rings is 1. The Bertz CT molecular complexity index is 673. The first kappa shape index (κ1) is 12.9. The average molecular weight is 283 g/mol. The highest BCUT2D eigenvalue weighted by Gasteiger charge is 2.31. The molecule has 2 aromatic rings. The minimum Gasteiger partial charge on any atom is -0.341 e. The number of alkyl halides is 3. The van der Waals surface area contributed by atoms with Crippen LogP contribution in [0.5, 0.6) is 0 Å². The van der Waals surface area contributed by atoms with Gasteiger partial charge in [-0.15, -0.1) is 0 Å². The number of aromatic amines is 1. The maximum Gasteiger partial charge on any atom is 0.416 e. The maximum atomic E-state index is 12.6. The molecule has 0 aliphatic carbocycles. The van der Waals surface area contributed by atoms with Crippen molar-refractivity contribution in [2.45, 2.75) is 18.6 Å². The van der Waals surface area contributed by atoms with Gasteiger partial charge in [-0.2, -0.15) is 13.2 Å². The first-order valence-electron chi connectivity index (χ1n) is 6.01. The second-order valence-electron chi connectivity index (χ2n) is 4.55. The third-order valence-corrected chi connectivity index (χ3v) is 3.22. The molecular formula is C12H12F3N5. The third-order valence-electron chi connectivity index (χ3n) is 3.22. The molecule has 0 amide bonds. The van der Waals surface area contributed by atoms with E-state index in [-0.39, 0.29) is 6.04 Å². The predicted octanol–water partition coefficient (Wildman–Crippen LogP) is 2.15. The lowest BCUT2D eigenvalue weighted by atomic mass is 10.2. The van der Waals surface area contributed by atoms with Crippen molar-refractivity contribution in [2.75, 3.05) is 7.05 Å². The van der Waals surface area contributed by atoms with Gasteiger partial charge in [-0.25, -0.2) is 10.4 Å². The third kappa shape index (κ3) is 2.22. The van der Waals surface area contributed by atoms with Crippen molar-refractivity contribution < 1.29 is 13.2 Å². The molecule has 0 saturated carbocycles. The quantitative estimate of drug-likeness (QED) is 0.751. The molecule has 0 spiro atoms. The summed E-state index contributed by atoms with van der Waals surface area (Å²) in [5, 5.41) is 0. The summed E-state index contributed by atoms with van der Waals surface area (Å²) in [7, 11) is 1.67. The largest absolute Gasteiger partial charge is 0.416 e. The number of benzene rings is 1. The smallest absolute Gasteiger partial charge is 0.341 e. The van der Waals surface area contributed by atoms with Gasteiger partial charge in [-0.05, 0) is 18.2 Å². The lowest BCUT2D eigenvalue weighted by Gasteiger charge is -2.05. The predicted molar refractivity (Wildman–Crippen MR) is 68.1 cm³/mol. The summed E-state index contributed by atoms with van der Waals surface area (Å²) >= 11 is 0. The summed E-state index contributed by atoms with van der Waals surface area (Å²) in [5.74, 6) is 1.37. The van der Waals surface area contributed by atoms with Crippen LogP contribution in [0.4, 0.5) is 13.2 Å². The number of hydrogen-bond acceptors (Lipinski definition) is 3. The van der Waals surface area contributed by atoms with E-state index in [1.807, 2.05) is 0 Å². The molecule has 1 aliphatic rings. The van der Waals surface area contributed by atoms with Crippen molar-refractivity contribution in [1.82, 2.24) is 20.8 Å². The van der Waals surface area contributed by atoms with Crippen molar-refractivity contribution in [2.24, 2.45) is 4.99 Å². The number of hydrogen-bond donors (Lipinski definition) is 3. The van der Waals surface area contributed by atoms with Crippen molar-refractivity contribution in [3.63, 3.8) is 0 Å². The minimum absolute atomic E-state index is 0.129. The van der Waals surface area contributed by atoms with Gasteiger partial charge in [0.1, 0.15) is 11.7 Å². The Kier molecular flexibility index (Phi) is 2.89. The van der Waals surface area contributed by atoms with E-state index in [9.17, 15) is 13.2 Å². The lowest BCUT2D eigenvalue weighted by molar-refractivity contribution is -0.137. The number of rotatable bonds is 1. The first-order chi connectivity index (χ1) is 9.47. The molecular weight excluding hydrogens is 271 g/mol. The summed E-state index contributed by atoms with van der Waals surface area (Å²) in [6, 6.07) is 3.35. The molecule has 1 aromatic heterocycles. The van der Waals surface area contributed by atoms with E-state index in [1.165, 1.54) is 6.07 Å². The van der Waals surface area contributed by atoms with Gasteiger partial charge in [0.2, 0.25) is 0 Å². The molecule has 1 saturated heterocycles. The van der Waals surface area contributed by atoms with Crippen LogP contribution in [0.3, 0.4) is 0 Å². The Balaban J connectivity index is 1.95. The van der Waals surface area contributed by atoms with Crippen molar-refractivity contribution in [3.8, 4) is 0 Å². The van der Waals surface area contributed by atoms with Crippen molar-refractivity contribution in [3.05, 3.63) is 29.6 Å². The summed E-state index contributed by atoms with van der Waals surface area (Å²) in [6.45, 7) is 0. The Morgan fingerprint density at radius 2 is 2.15 bits per heavy atom. The molecule has 20 heavy (non-hydrogen) atoms. The van der Waals surface area contributed by atoms with Gasteiger partial charge in [0.25, 0.3) is 0 Å². The van der Waals surface area contributed by atoms with Crippen LogP contribution in [0.25, 0.3) is 11.0 Å². The highest BCUT2D eigenvalue weighted by Crippen LogP contribution is 2.31. The van der Waals surface area contributed by atoms with Crippen molar-refractivity contribution >= 4 is 16.9 Å². The normalized spacial score (nSPS) is 21.6. The fourth-order valence-electron chi connectivity index (χ4n) is 2.15. The van der Waals surface area contributed by atoms with E-state index < -0.39 is 11.7 Å². The van der Waals surface area contributed by atoms with Crippen LogP contribution >= 0.6 is 0 Å². The van der Waals surface area contributed by atoms with E-state index in [0.717, 1.165) is 18.0 Å². The second-order valence-corrected chi connectivity index (χ2v) is 4.55. The molecule has 5 nitrogen and oxygen atoms in total. The number of amidine groups is 1. The molecule has 2 heterocycles. The summed E-state index contributed by atoms with van der Waals surface area (Å²) in [5.41, 5.74) is 6.08. The zero-order chi connectivity index (χ0) is 14.3. The number of aliphatic imine (C=N–C) groups is 1. The average Bonchev–Trinajstić information content (AvgIpc) is 3.02. The monoisotopic (exact) mass is 283 g/mol. The van der Waals surface area contributed by atoms with Crippen LogP contribution < -0.4 is 10.9 Å². The van der Waals surface area contributed by atoms with E-state index in [0.29, 0.717) is 23.3 Å². The Hall–Kier alpha value is -2.09. The molecule has 0 bridgehead atoms. The van der Waals surface area contributed by atoms with E-state index in [1.54, 1.807) is 7.05 Å². The fourth-order valence-corrected chi connectivity index (χ4v) is 2.15. The second kappa shape index (κ2) is 4.48. The molecule has 1 atom stereocenters. The standard InChI is InChI=1S/C12H12F3N5/c1-16-10-5-9(19-20-10)11-17-7-3-2-6(12(13,14)15)4-8(7)18-11/h2-4,9,19H,5H2,1H3,(H,16,20)(H,17,18). The Morgan fingerprint density at radius 3 is 2.80 bits per heavy atom. The Labute approximate surface area is 112 Å². The number of aromatic nitrogens is 2. The van der Waals surface area contributed by atoms with Gasteiger partial charge in [-0.1, -0.05) is 0 Å². The van der Waals surface area contributed by atoms with Crippen LogP contribution in [0.15, 0.2) is 23.2 Å². The van der Waals surface area contributed by atoms with Gasteiger partial charge >= 0.3 is 6.18 Å². The first-order valence-corrected chi connectivity index (χ1v) is 6.01. The molecule has 3 N–H and O–H groups in total. The summed E-state index contributed by atoms with van der Waals surface area (Å²) < 4.78 is 37.9. The number of hydrazine groups is 1. The number of fused-ring (bicyclic) bond motifs is 1. The highest BCUT2D eigenvalue weighted by atomic mass is 19.4. The summed E-state index contributed by atoms with van der Waals surface area (Å²) in [6.07, 6.45) is -3.74. The number of H-pyrrole nitrogens is 1. The van der Waals surface area contributed by atoms with Crippen LogP contribution in [-0.4, -0.2) is 22.9 Å². The van der Waals surface area contributed by atoms with Gasteiger partial charge in [0.15, 0.2) is 0 Å². The number of halogens is 3. The molecule has 1 fully saturated rings. The van der Waals surface area contributed by atoms with Gasteiger partial charge in [0.05, 0.1) is 22.6 Å². The van der Waals surface area contributed by atoms with Crippen molar-refractivity contribution in [1.29, 1.82) is 0 Å². The minimum atomic E-state index is -4.35. The summed E-state index contributed by atoms with van der Waals surface area (Å²) in [4.78, 5) is 11.2. The number of nitrogens with zero attached hydrogens (tertiary/aromatic N) is 2. The Morgan fingerprint density at radius 1 is 1.35 bits per heavy atom. The fraction of sp³-hybridized carbons (Fsp3) is 0.333. The molecule has 1 aromatic carbocycles. The molecule has 1 unspecified atom stereocenters. The van der Waals surface area contributed by atoms with E-state index in [2.05, 4.69) is 25.8 Å². The maximum absolute atomic E-state index is 12.6. The van der Waals surface area contributed by atoms with Crippen LogP contribution in [0.2, 0.25) is 0 Å². The van der Waals surface area contributed by atoms with E-state index in [4.69, 9.17) is 0 Å². The van der Waals surface area contributed by atoms with Crippen LogP contribution in [0.1, 0.15) is 23.9 Å².